The van der Waals surface area contributed by atoms with E-state index < -0.39 is 0 Å². The molecule has 2 N–H and O–H groups in total. The van der Waals surface area contributed by atoms with E-state index in [4.69, 9.17) is 5.73 Å². The number of hydrogen-bond donors (Lipinski definition) is 1. The van der Waals surface area contributed by atoms with Crippen LogP contribution in [0.4, 0.5) is 0 Å². The van der Waals surface area contributed by atoms with Crippen molar-refractivity contribution >= 4 is 0 Å². The predicted molar refractivity (Wildman–Crippen MR) is 68.0 cm³/mol. The molecular formula is C15H27N. The number of hydrogen-bond acceptors (Lipinski definition) is 1. The van der Waals surface area contributed by atoms with E-state index in [2.05, 4.69) is 6.92 Å². The van der Waals surface area contributed by atoms with Gasteiger partial charge in [0, 0.05) is 0 Å². The highest BCUT2D eigenvalue weighted by atomic mass is 14.6. The van der Waals surface area contributed by atoms with E-state index in [9.17, 15) is 0 Å². The van der Waals surface area contributed by atoms with Crippen LogP contribution < -0.4 is 5.73 Å². The Morgan fingerprint density at radius 3 is 2.06 bits per heavy atom. The maximum absolute atomic E-state index is 5.65. The van der Waals surface area contributed by atoms with Crippen LogP contribution in [0.1, 0.15) is 51.9 Å². The minimum atomic E-state index is 0.887. The third-order valence-electron chi connectivity index (χ3n) is 5.82. The lowest BCUT2D eigenvalue weighted by Crippen LogP contribution is -2.47. The fourth-order valence-electron chi connectivity index (χ4n) is 5.53. The Kier molecular flexibility index (Phi) is 2.99. The Labute approximate surface area is 100 Å². The van der Waals surface area contributed by atoms with Gasteiger partial charge in [-0.2, -0.15) is 0 Å². The molecule has 4 bridgehead atoms. The van der Waals surface area contributed by atoms with Gasteiger partial charge in [-0.1, -0.05) is 6.92 Å². The minimum absolute atomic E-state index is 0.887. The molecule has 92 valence electrons. The molecule has 1 nitrogen and oxygen atoms in total. The molecule has 0 spiro atoms. The first-order valence-corrected chi connectivity index (χ1v) is 7.48. The third-order valence-corrected chi connectivity index (χ3v) is 5.82. The van der Waals surface area contributed by atoms with Crippen LogP contribution in [-0.2, 0) is 0 Å². The number of rotatable bonds is 4. The Balaban J connectivity index is 1.67. The molecule has 0 amide bonds. The van der Waals surface area contributed by atoms with E-state index in [-0.39, 0.29) is 0 Å². The van der Waals surface area contributed by atoms with Crippen molar-refractivity contribution < 1.29 is 0 Å². The summed E-state index contributed by atoms with van der Waals surface area (Å²) in [6.07, 6.45) is 10.5. The van der Waals surface area contributed by atoms with Crippen molar-refractivity contribution in [1.82, 2.24) is 0 Å². The predicted octanol–water partition coefficient (Wildman–Crippen LogP) is 3.43. The monoisotopic (exact) mass is 221 g/mol. The zero-order valence-electron chi connectivity index (χ0n) is 10.7. The summed E-state index contributed by atoms with van der Waals surface area (Å²) in [5, 5.41) is 0. The summed E-state index contributed by atoms with van der Waals surface area (Å²) >= 11 is 0. The van der Waals surface area contributed by atoms with Crippen LogP contribution in [0.2, 0.25) is 0 Å². The molecule has 0 radical (unpaired) electrons. The summed E-state index contributed by atoms with van der Waals surface area (Å²) in [5.41, 5.74) is 5.65. The van der Waals surface area contributed by atoms with Gasteiger partial charge in [0.25, 0.3) is 0 Å². The van der Waals surface area contributed by atoms with Crippen molar-refractivity contribution in [3.63, 3.8) is 0 Å². The largest absolute Gasteiger partial charge is 0.330 e. The summed E-state index contributed by atoms with van der Waals surface area (Å²) in [6.45, 7) is 3.39. The molecule has 4 saturated carbocycles. The first kappa shape index (κ1) is 11.1. The Hall–Kier alpha value is -0.0400. The van der Waals surface area contributed by atoms with E-state index >= 15 is 0 Å². The van der Waals surface area contributed by atoms with Gasteiger partial charge in [0.15, 0.2) is 0 Å². The van der Waals surface area contributed by atoms with Gasteiger partial charge in [-0.05, 0) is 87.0 Å². The zero-order chi connectivity index (χ0) is 11.1. The standard InChI is InChI=1S/C15H27N/c1-10(3-2-4-16)15-13-6-11-5-12(8-13)9-14(15)7-11/h10-15H,2-9,16H2,1H3. The van der Waals surface area contributed by atoms with E-state index in [1.807, 2.05) is 0 Å². The zero-order valence-corrected chi connectivity index (χ0v) is 10.7. The lowest BCUT2D eigenvalue weighted by atomic mass is 9.49. The lowest BCUT2D eigenvalue weighted by Gasteiger charge is -2.56. The summed E-state index contributed by atoms with van der Waals surface area (Å²) in [4.78, 5) is 0. The van der Waals surface area contributed by atoms with Crippen molar-refractivity contribution in [2.45, 2.75) is 51.9 Å². The molecule has 1 atom stereocenters. The normalized spacial score (nSPS) is 47.2. The van der Waals surface area contributed by atoms with Crippen molar-refractivity contribution in [2.24, 2.45) is 41.2 Å². The van der Waals surface area contributed by atoms with E-state index in [0.717, 1.165) is 42.1 Å². The highest BCUT2D eigenvalue weighted by molar-refractivity contribution is 4.99. The van der Waals surface area contributed by atoms with Crippen LogP contribution in [0.5, 0.6) is 0 Å². The molecule has 0 aromatic heterocycles. The lowest BCUT2D eigenvalue weighted by molar-refractivity contribution is -0.0598. The molecular weight excluding hydrogens is 194 g/mol. The summed E-state index contributed by atoms with van der Waals surface area (Å²) in [6, 6.07) is 0. The second kappa shape index (κ2) is 4.33. The van der Waals surface area contributed by atoms with Crippen molar-refractivity contribution in [3.05, 3.63) is 0 Å². The summed E-state index contributed by atoms with van der Waals surface area (Å²) in [7, 11) is 0. The first-order valence-electron chi connectivity index (χ1n) is 7.48. The molecule has 16 heavy (non-hydrogen) atoms. The van der Waals surface area contributed by atoms with Crippen LogP contribution in [-0.4, -0.2) is 6.54 Å². The SMILES string of the molecule is CC(CCCN)C1C2CC3CC(C2)CC1C3. The van der Waals surface area contributed by atoms with E-state index in [1.165, 1.54) is 12.8 Å². The first-order chi connectivity index (χ1) is 7.78. The van der Waals surface area contributed by atoms with Gasteiger partial charge in [0.1, 0.15) is 0 Å². The fourth-order valence-corrected chi connectivity index (χ4v) is 5.53. The maximum atomic E-state index is 5.65. The molecule has 4 aliphatic rings. The van der Waals surface area contributed by atoms with Crippen LogP contribution in [0.3, 0.4) is 0 Å². The van der Waals surface area contributed by atoms with Crippen LogP contribution >= 0.6 is 0 Å². The van der Waals surface area contributed by atoms with Gasteiger partial charge in [0.2, 0.25) is 0 Å². The van der Waals surface area contributed by atoms with Crippen LogP contribution in [0.15, 0.2) is 0 Å². The van der Waals surface area contributed by atoms with Gasteiger partial charge < -0.3 is 5.73 Å². The molecule has 0 aromatic rings. The highest BCUT2D eigenvalue weighted by Crippen LogP contribution is 2.58. The average Bonchev–Trinajstić information content (AvgIpc) is 2.24. The van der Waals surface area contributed by atoms with Gasteiger partial charge in [-0.3, -0.25) is 0 Å². The van der Waals surface area contributed by atoms with Crippen molar-refractivity contribution in [2.75, 3.05) is 6.54 Å². The van der Waals surface area contributed by atoms with Crippen LogP contribution in [0, 0.1) is 35.5 Å². The van der Waals surface area contributed by atoms with Crippen molar-refractivity contribution in [1.29, 1.82) is 0 Å². The molecule has 0 saturated heterocycles. The summed E-state index contributed by atoms with van der Waals surface area (Å²) < 4.78 is 0. The third kappa shape index (κ3) is 1.81. The Morgan fingerprint density at radius 1 is 1.00 bits per heavy atom. The fraction of sp³-hybridized carbons (Fsp3) is 1.00. The topological polar surface area (TPSA) is 26.0 Å². The minimum Gasteiger partial charge on any atom is -0.330 e. The maximum Gasteiger partial charge on any atom is -0.00772 e. The smallest absolute Gasteiger partial charge is 0.00772 e. The average molecular weight is 221 g/mol. The molecule has 0 heterocycles. The van der Waals surface area contributed by atoms with Gasteiger partial charge in [0.05, 0.1) is 0 Å². The second-order valence-corrected chi connectivity index (χ2v) is 6.92. The van der Waals surface area contributed by atoms with Gasteiger partial charge in [-0.15, -0.1) is 0 Å². The second-order valence-electron chi connectivity index (χ2n) is 6.92. The Morgan fingerprint density at radius 2 is 1.56 bits per heavy atom. The van der Waals surface area contributed by atoms with E-state index in [1.54, 1.807) is 32.1 Å². The van der Waals surface area contributed by atoms with Gasteiger partial charge >= 0.3 is 0 Å². The van der Waals surface area contributed by atoms with Gasteiger partial charge in [-0.25, -0.2) is 0 Å². The molecule has 4 rings (SSSR count). The molecule has 0 aliphatic heterocycles. The molecule has 1 heteroatoms. The molecule has 4 fully saturated rings. The number of nitrogens with two attached hydrogens (primary N) is 1. The quantitative estimate of drug-likeness (QED) is 0.773. The van der Waals surface area contributed by atoms with E-state index in [0.29, 0.717) is 0 Å². The molecule has 0 aromatic carbocycles. The molecule has 4 aliphatic carbocycles. The molecule has 1 unspecified atom stereocenters. The highest BCUT2D eigenvalue weighted by Gasteiger charge is 2.49. The van der Waals surface area contributed by atoms with Crippen LogP contribution in [0.25, 0.3) is 0 Å². The summed E-state index contributed by atoms with van der Waals surface area (Å²) in [5.74, 6) is 6.46. The van der Waals surface area contributed by atoms with Crippen molar-refractivity contribution in [3.8, 4) is 0 Å². The Bertz CT molecular complexity index is 220.